The van der Waals surface area contributed by atoms with Gasteiger partial charge >= 0.3 is 0 Å². The molecule has 1 aliphatic rings. The fourth-order valence-electron chi connectivity index (χ4n) is 3.65. The Morgan fingerprint density at radius 2 is 1.81 bits per heavy atom. The monoisotopic (exact) mass is 429 g/mol. The van der Waals surface area contributed by atoms with Crippen molar-refractivity contribution in [2.45, 2.75) is 6.92 Å². The van der Waals surface area contributed by atoms with E-state index in [1.54, 1.807) is 17.0 Å². The Labute approximate surface area is 183 Å². The molecule has 0 saturated heterocycles. The fraction of sp³-hybridized carbons (Fsp3) is 0.125. The van der Waals surface area contributed by atoms with Crippen molar-refractivity contribution < 1.29 is 14.3 Å². The first-order valence-corrected chi connectivity index (χ1v) is 10.7. The molecular weight excluding hydrogens is 410 g/mol. The molecule has 1 aliphatic heterocycles. The lowest BCUT2D eigenvalue weighted by Crippen LogP contribution is -2.45. The minimum absolute atomic E-state index is 0.0875. The highest BCUT2D eigenvalue weighted by Crippen LogP contribution is 2.36. The lowest BCUT2D eigenvalue weighted by molar-refractivity contribution is -0.124. The van der Waals surface area contributed by atoms with E-state index in [0.717, 1.165) is 21.5 Å². The molecule has 0 unspecified atom stereocenters. The molecule has 2 amide bonds. The SMILES string of the molecule is Cc1ccccc1N(C(=O)CN1C(=O)COc2ccccc21)c1nc2ccccc2s1. The van der Waals surface area contributed by atoms with Crippen molar-refractivity contribution >= 4 is 49.9 Å². The maximum absolute atomic E-state index is 13.7. The minimum Gasteiger partial charge on any atom is -0.482 e. The van der Waals surface area contributed by atoms with Crippen LogP contribution in [-0.4, -0.2) is 29.9 Å². The highest BCUT2D eigenvalue weighted by Gasteiger charge is 2.31. The number of carbonyl (C=O) groups excluding carboxylic acids is 2. The molecule has 0 fully saturated rings. The van der Waals surface area contributed by atoms with E-state index in [1.807, 2.05) is 67.6 Å². The molecule has 0 atom stereocenters. The van der Waals surface area contributed by atoms with Crippen LogP contribution < -0.4 is 14.5 Å². The smallest absolute Gasteiger partial charge is 0.265 e. The Hall–Kier alpha value is -3.71. The lowest BCUT2D eigenvalue weighted by atomic mass is 10.2. The average molecular weight is 430 g/mol. The summed E-state index contributed by atoms with van der Waals surface area (Å²) in [6, 6.07) is 22.7. The zero-order chi connectivity index (χ0) is 21.4. The van der Waals surface area contributed by atoms with E-state index < -0.39 is 0 Å². The van der Waals surface area contributed by atoms with Crippen molar-refractivity contribution in [3.63, 3.8) is 0 Å². The third-order valence-corrected chi connectivity index (χ3v) is 6.20. The molecule has 0 aliphatic carbocycles. The largest absolute Gasteiger partial charge is 0.482 e. The number of carbonyl (C=O) groups is 2. The summed E-state index contributed by atoms with van der Waals surface area (Å²) in [7, 11) is 0. The molecule has 2 heterocycles. The third-order valence-electron chi connectivity index (χ3n) is 5.18. The number of rotatable bonds is 4. The Kier molecular flexibility index (Phi) is 4.88. The summed E-state index contributed by atoms with van der Waals surface area (Å²) in [5.41, 5.74) is 3.13. The predicted octanol–water partition coefficient (Wildman–Crippen LogP) is 4.70. The maximum atomic E-state index is 13.7. The van der Waals surface area contributed by atoms with Crippen LogP contribution in [0, 0.1) is 6.92 Å². The first-order chi connectivity index (χ1) is 15.1. The molecule has 0 saturated carbocycles. The van der Waals surface area contributed by atoms with Gasteiger partial charge in [-0.05, 0) is 42.8 Å². The number of aryl methyl sites for hydroxylation is 1. The van der Waals surface area contributed by atoms with Gasteiger partial charge in [0.1, 0.15) is 12.3 Å². The van der Waals surface area contributed by atoms with Crippen LogP contribution in [0.5, 0.6) is 5.75 Å². The van der Waals surface area contributed by atoms with Gasteiger partial charge in [0.15, 0.2) is 11.7 Å². The highest BCUT2D eigenvalue weighted by atomic mass is 32.1. The van der Waals surface area contributed by atoms with Gasteiger partial charge in [-0.3, -0.25) is 19.4 Å². The van der Waals surface area contributed by atoms with Crippen LogP contribution in [-0.2, 0) is 9.59 Å². The van der Waals surface area contributed by atoms with E-state index in [0.29, 0.717) is 16.6 Å². The number of nitrogens with zero attached hydrogens (tertiary/aromatic N) is 3. The standard InChI is InChI=1S/C24H19N3O3S/c1-16-8-2-4-10-18(16)27(24-25-17-9-3-7-13-21(17)31-24)22(28)14-26-19-11-5-6-12-20(19)30-15-23(26)29/h2-13H,14-15H2,1H3. The summed E-state index contributed by atoms with van der Waals surface area (Å²) >= 11 is 1.45. The fourth-order valence-corrected chi connectivity index (χ4v) is 4.64. The summed E-state index contributed by atoms with van der Waals surface area (Å²) < 4.78 is 6.51. The molecule has 1 aromatic heterocycles. The Bertz CT molecular complexity index is 1270. The maximum Gasteiger partial charge on any atom is 0.265 e. The Morgan fingerprint density at radius 1 is 1.06 bits per heavy atom. The van der Waals surface area contributed by atoms with Gasteiger partial charge < -0.3 is 4.74 Å². The van der Waals surface area contributed by atoms with Crippen molar-refractivity contribution in [1.82, 2.24) is 4.98 Å². The first kappa shape index (κ1) is 19.3. The van der Waals surface area contributed by atoms with E-state index in [1.165, 1.54) is 16.2 Å². The van der Waals surface area contributed by atoms with Gasteiger partial charge in [-0.15, -0.1) is 0 Å². The predicted molar refractivity (Wildman–Crippen MR) is 122 cm³/mol. The second-order valence-electron chi connectivity index (χ2n) is 7.22. The number of hydrogen-bond acceptors (Lipinski definition) is 5. The zero-order valence-electron chi connectivity index (χ0n) is 16.8. The third kappa shape index (κ3) is 3.53. The molecule has 6 nitrogen and oxygen atoms in total. The Morgan fingerprint density at radius 3 is 2.65 bits per heavy atom. The van der Waals surface area contributed by atoms with Crippen LogP contribution in [0.1, 0.15) is 5.56 Å². The van der Waals surface area contributed by atoms with Crippen LogP contribution in [0.4, 0.5) is 16.5 Å². The van der Waals surface area contributed by atoms with E-state index in [4.69, 9.17) is 9.72 Å². The van der Waals surface area contributed by atoms with Crippen LogP contribution in [0.3, 0.4) is 0 Å². The minimum atomic E-state index is -0.249. The molecule has 7 heteroatoms. The second-order valence-corrected chi connectivity index (χ2v) is 8.23. The number of thiazole rings is 1. The van der Waals surface area contributed by atoms with Crippen molar-refractivity contribution in [2.75, 3.05) is 23.0 Å². The molecule has 0 spiro atoms. The summed E-state index contributed by atoms with van der Waals surface area (Å²) in [4.78, 5) is 34.1. The number of anilines is 3. The molecule has 31 heavy (non-hydrogen) atoms. The van der Waals surface area contributed by atoms with Crippen molar-refractivity contribution in [3.05, 3.63) is 78.4 Å². The molecular formula is C24H19N3O3S. The van der Waals surface area contributed by atoms with Gasteiger partial charge in [-0.25, -0.2) is 4.98 Å². The number of amides is 2. The molecule has 0 bridgehead atoms. The van der Waals surface area contributed by atoms with Crippen LogP contribution in [0.15, 0.2) is 72.8 Å². The summed E-state index contributed by atoms with van der Waals surface area (Å²) in [5, 5.41) is 0.578. The number of aromatic nitrogens is 1. The van der Waals surface area contributed by atoms with Gasteiger partial charge in [0.05, 0.1) is 21.6 Å². The Balaban J connectivity index is 1.56. The van der Waals surface area contributed by atoms with Gasteiger partial charge in [0, 0.05) is 0 Å². The number of ether oxygens (including phenoxy) is 1. The first-order valence-electron chi connectivity index (χ1n) is 9.88. The van der Waals surface area contributed by atoms with Crippen LogP contribution in [0.25, 0.3) is 10.2 Å². The zero-order valence-corrected chi connectivity index (χ0v) is 17.6. The van der Waals surface area contributed by atoms with Crippen LogP contribution >= 0.6 is 11.3 Å². The molecule has 4 aromatic rings. The summed E-state index contributed by atoms with van der Waals surface area (Å²) in [6.07, 6.45) is 0. The lowest BCUT2D eigenvalue weighted by Gasteiger charge is -2.31. The molecule has 154 valence electrons. The van der Waals surface area contributed by atoms with E-state index in [2.05, 4.69) is 0 Å². The number of hydrogen-bond donors (Lipinski definition) is 0. The molecule has 5 rings (SSSR count). The van der Waals surface area contributed by atoms with Gasteiger partial charge in [-0.1, -0.05) is 53.8 Å². The number of para-hydroxylation sites is 4. The molecule has 3 aromatic carbocycles. The van der Waals surface area contributed by atoms with Crippen molar-refractivity contribution in [2.24, 2.45) is 0 Å². The topological polar surface area (TPSA) is 62.7 Å². The highest BCUT2D eigenvalue weighted by molar-refractivity contribution is 7.22. The number of fused-ring (bicyclic) bond motifs is 2. The van der Waals surface area contributed by atoms with Crippen molar-refractivity contribution in [1.29, 1.82) is 0 Å². The normalized spacial score (nSPS) is 13.1. The second kappa shape index (κ2) is 7.85. The van der Waals surface area contributed by atoms with Crippen LogP contribution in [0.2, 0.25) is 0 Å². The van der Waals surface area contributed by atoms with Gasteiger partial charge in [0.25, 0.3) is 11.8 Å². The van der Waals surface area contributed by atoms with E-state index in [-0.39, 0.29) is 25.0 Å². The quantitative estimate of drug-likeness (QED) is 0.472. The van der Waals surface area contributed by atoms with Crippen molar-refractivity contribution in [3.8, 4) is 5.75 Å². The molecule has 0 radical (unpaired) electrons. The van der Waals surface area contributed by atoms with E-state index in [9.17, 15) is 9.59 Å². The summed E-state index contributed by atoms with van der Waals surface area (Å²) in [5.74, 6) is 0.108. The summed E-state index contributed by atoms with van der Waals surface area (Å²) in [6.45, 7) is 1.76. The number of benzene rings is 3. The molecule has 0 N–H and O–H groups in total. The van der Waals surface area contributed by atoms with Gasteiger partial charge in [0.2, 0.25) is 0 Å². The average Bonchev–Trinajstić information content (AvgIpc) is 3.21. The van der Waals surface area contributed by atoms with E-state index >= 15 is 0 Å². The van der Waals surface area contributed by atoms with Gasteiger partial charge in [-0.2, -0.15) is 0 Å².